The Bertz CT molecular complexity index is 459. The van der Waals surface area contributed by atoms with Gasteiger partial charge in [-0.2, -0.15) is 0 Å². The summed E-state index contributed by atoms with van der Waals surface area (Å²) in [6.07, 6.45) is 1.24. The Morgan fingerprint density at radius 1 is 1.32 bits per heavy atom. The van der Waals surface area contributed by atoms with Gasteiger partial charge in [-0.05, 0) is 25.0 Å². The van der Waals surface area contributed by atoms with Crippen molar-refractivity contribution < 1.29 is 14.3 Å². The monoisotopic (exact) mass is 306 g/mol. The maximum Gasteiger partial charge on any atom is 0.220 e. The molecule has 0 unspecified atom stereocenters. The van der Waals surface area contributed by atoms with Crippen LogP contribution in [0.5, 0.6) is 5.75 Å². The first kappa shape index (κ1) is 16.8. The molecule has 1 aromatic rings. The van der Waals surface area contributed by atoms with E-state index in [4.69, 9.17) is 9.47 Å². The molecule has 1 aliphatic heterocycles. The van der Waals surface area contributed by atoms with Gasteiger partial charge in [0.15, 0.2) is 0 Å². The first-order chi connectivity index (χ1) is 10.8. The maximum absolute atomic E-state index is 11.8. The van der Waals surface area contributed by atoms with Crippen LogP contribution in [0.25, 0.3) is 0 Å². The number of carbonyl (C=O) groups excluding carboxylic acids is 1. The molecule has 1 amide bonds. The van der Waals surface area contributed by atoms with E-state index in [2.05, 4.69) is 10.2 Å². The van der Waals surface area contributed by atoms with Crippen LogP contribution in [0.1, 0.15) is 18.4 Å². The second-order valence-electron chi connectivity index (χ2n) is 5.52. The molecule has 5 heteroatoms. The first-order valence-electron chi connectivity index (χ1n) is 8.01. The van der Waals surface area contributed by atoms with E-state index >= 15 is 0 Å². The lowest BCUT2D eigenvalue weighted by atomic mass is 10.2. The molecule has 1 aliphatic rings. The van der Waals surface area contributed by atoms with Gasteiger partial charge in [-0.15, -0.1) is 0 Å². The Morgan fingerprint density at radius 2 is 2.09 bits per heavy atom. The molecule has 122 valence electrons. The summed E-state index contributed by atoms with van der Waals surface area (Å²) in [7, 11) is 0. The fourth-order valence-electron chi connectivity index (χ4n) is 2.40. The summed E-state index contributed by atoms with van der Waals surface area (Å²) in [5.41, 5.74) is 1.12. The van der Waals surface area contributed by atoms with Crippen LogP contribution in [0.3, 0.4) is 0 Å². The second-order valence-corrected chi connectivity index (χ2v) is 5.52. The van der Waals surface area contributed by atoms with E-state index in [0.29, 0.717) is 19.6 Å². The zero-order valence-corrected chi connectivity index (χ0v) is 13.3. The first-order valence-corrected chi connectivity index (χ1v) is 8.01. The molecule has 0 spiro atoms. The summed E-state index contributed by atoms with van der Waals surface area (Å²) >= 11 is 0. The summed E-state index contributed by atoms with van der Waals surface area (Å²) in [5.74, 6) is 0.997. The van der Waals surface area contributed by atoms with Crippen LogP contribution in [0, 0.1) is 6.92 Å². The Labute approximate surface area is 132 Å². The van der Waals surface area contributed by atoms with Gasteiger partial charge in [-0.25, -0.2) is 0 Å². The van der Waals surface area contributed by atoms with Crippen LogP contribution in [-0.2, 0) is 9.53 Å². The summed E-state index contributed by atoms with van der Waals surface area (Å²) in [6.45, 7) is 7.70. The molecular formula is C17H26N2O3. The van der Waals surface area contributed by atoms with Gasteiger partial charge in [-0.3, -0.25) is 9.69 Å². The molecule has 0 saturated carbocycles. The number of ether oxygens (including phenoxy) is 2. The van der Waals surface area contributed by atoms with Crippen LogP contribution in [0.15, 0.2) is 24.3 Å². The lowest BCUT2D eigenvalue weighted by Gasteiger charge is -2.26. The van der Waals surface area contributed by atoms with Crippen molar-refractivity contribution in [2.75, 3.05) is 46.0 Å². The molecule has 22 heavy (non-hydrogen) atoms. The fourth-order valence-corrected chi connectivity index (χ4v) is 2.40. The fraction of sp³-hybridized carbons (Fsp3) is 0.588. The molecule has 1 heterocycles. The van der Waals surface area contributed by atoms with Crippen molar-refractivity contribution in [2.24, 2.45) is 0 Å². The average Bonchev–Trinajstić information content (AvgIpc) is 2.54. The quantitative estimate of drug-likeness (QED) is 0.741. The highest BCUT2D eigenvalue weighted by molar-refractivity contribution is 5.75. The lowest BCUT2D eigenvalue weighted by Crippen LogP contribution is -2.41. The lowest BCUT2D eigenvalue weighted by molar-refractivity contribution is -0.121. The van der Waals surface area contributed by atoms with E-state index in [-0.39, 0.29) is 5.91 Å². The highest BCUT2D eigenvalue weighted by Gasteiger charge is 2.10. The third-order valence-corrected chi connectivity index (χ3v) is 3.75. The van der Waals surface area contributed by atoms with Gasteiger partial charge < -0.3 is 14.8 Å². The topological polar surface area (TPSA) is 50.8 Å². The number of aryl methyl sites for hydroxylation is 1. The highest BCUT2D eigenvalue weighted by Crippen LogP contribution is 2.16. The number of morpholine rings is 1. The van der Waals surface area contributed by atoms with E-state index in [0.717, 1.165) is 50.6 Å². The van der Waals surface area contributed by atoms with Gasteiger partial charge >= 0.3 is 0 Å². The number of nitrogens with zero attached hydrogens (tertiary/aromatic N) is 1. The molecule has 0 atom stereocenters. The standard InChI is InChI=1S/C17H26N2O3/c1-15-5-2-3-6-16(15)22-12-4-7-17(20)18-8-9-19-10-13-21-14-11-19/h2-3,5-6H,4,7-14H2,1H3,(H,18,20). The van der Waals surface area contributed by atoms with Crippen molar-refractivity contribution >= 4 is 5.91 Å². The van der Waals surface area contributed by atoms with Gasteiger partial charge in [0.1, 0.15) is 5.75 Å². The Hall–Kier alpha value is -1.59. The Morgan fingerprint density at radius 3 is 2.86 bits per heavy atom. The minimum absolute atomic E-state index is 0.0987. The van der Waals surface area contributed by atoms with Crippen molar-refractivity contribution in [3.63, 3.8) is 0 Å². The third-order valence-electron chi connectivity index (χ3n) is 3.75. The molecule has 2 rings (SSSR count). The van der Waals surface area contributed by atoms with Crippen molar-refractivity contribution in [1.82, 2.24) is 10.2 Å². The van der Waals surface area contributed by atoms with Crippen LogP contribution in [0.2, 0.25) is 0 Å². The average molecular weight is 306 g/mol. The maximum atomic E-state index is 11.8. The number of benzene rings is 1. The van der Waals surface area contributed by atoms with E-state index in [9.17, 15) is 4.79 Å². The number of amides is 1. The van der Waals surface area contributed by atoms with Gasteiger partial charge in [0.05, 0.1) is 19.8 Å². The number of rotatable bonds is 8. The van der Waals surface area contributed by atoms with Crippen LogP contribution in [-0.4, -0.2) is 56.8 Å². The summed E-state index contributed by atoms with van der Waals surface area (Å²) in [5, 5.41) is 2.96. The molecule has 1 fully saturated rings. The summed E-state index contributed by atoms with van der Waals surface area (Å²) in [4.78, 5) is 14.1. The minimum Gasteiger partial charge on any atom is -0.493 e. The van der Waals surface area contributed by atoms with Crippen molar-refractivity contribution in [1.29, 1.82) is 0 Å². The number of hydrogen-bond donors (Lipinski definition) is 1. The zero-order chi connectivity index (χ0) is 15.6. The molecule has 0 radical (unpaired) electrons. The normalized spacial score (nSPS) is 15.5. The Balaban J connectivity index is 1.51. The van der Waals surface area contributed by atoms with Crippen molar-refractivity contribution in [2.45, 2.75) is 19.8 Å². The number of nitrogens with one attached hydrogen (secondary N) is 1. The number of carbonyl (C=O) groups is 1. The predicted octanol–water partition coefficient (Wildman–Crippen LogP) is 1.60. The molecule has 5 nitrogen and oxygen atoms in total. The van der Waals surface area contributed by atoms with Crippen LogP contribution < -0.4 is 10.1 Å². The largest absolute Gasteiger partial charge is 0.493 e. The van der Waals surface area contributed by atoms with Gasteiger partial charge in [-0.1, -0.05) is 18.2 Å². The highest BCUT2D eigenvalue weighted by atomic mass is 16.5. The van der Waals surface area contributed by atoms with Crippen molar-refractivity contribution in [3.05, 3.63) is 29.8 Å². The smallest absolute Gasteiger partial charge is 0.220 e. The summed E-state index contributed by atoms with van der Waals surface area (Å²) in [6, 6.07) is 7.93. The molecule has 1 N–H and O–H groups in total. The molecule has 0 aromatic heterocycles. The molecule has 1 aromatic carbocycles. The van der Waals surface area contributed by atoms with Crippen LogP contribution in [0.4, 0.5) is 0 Å². The van der Waals surface area contributed by atoms with Gasteiger partial charge in [0.2, 0.25) is 5.91 Å². The number of para-hydroxylation sites is 1. The predicted molar refractivity (Wildman–Crippen MR) is 86.2 cm³/mol. The third kappa shape index (κ3) is 6.03. The molecular weight excluding hydrogens is 280 g/mol. The molecule has 0 aliphatic carbocycles. The summed E-state index contributed by atoms with van der Waals surface area (Å²) < 4.78 is 11.0. The van der Waals surface area contributed by atoms with Crippen LogP contribution >= 0.6 is 0 Å². The van der Waals surface area contributed by atoms with E-state index in [1.54, 1.807) is 0 Å². The van der Waals surface area contributed by atoms with Gasteiger partial charge in [0.25, 0.3) is 0 Å². The second kappa shape index (κ2) is 9.43. The molecule has 1 saturated heterocycles. The minimum atomic E-state index is 0.0987. The Kier molecular flexibility index (Phi) is 7.19. The van der Waals surface area contributed by atoms with E-state index in [1.165, 1.54) is 0 Å². The van der Waals surface area contributed by atoms with E-state index in [1.807, 2.05) is 31.2 Å². The number of hydrogen-bond acceptors (Lipinski definition) is 4. The zero-order valence-electron chi connectivity index (χ0n) is 13.3. The molecule has 0 bridgehead atoms. The van der Waals surface area contributed by atoms with Crippen molar-refractivity contribution in [3.8, 4) is 5.75 Å². The van der Waals surface area contributed by atoms with Gasteiger partial charge in [0, 0.05) is 32.6 Å². The SMILES string of the molecule is Cc1ccccc1OCCCC(=O)NCCN1CCOCC1. The van der Waals surface area contributed by atoms with E-state index < -0.39 is 0 Å².